The van der Waals surface area contributed by atoms with Crippen LogP contribution in [0.15, 0.2) is 30.3 Å². The molecule has 1 rings (SSSR count). The lowest BCUT2D eigenvalue weighted by atomic mass is 10.1. The normalized spacial score (nSPS) is 15.1. The van der Waals surface area contributed by atoms with E-state index in [1.54, 1.807) is 30.3 Å². The number of hydrogen-bond donors (Lipinski definition) is 14. The zero-order valence-electron chi connectivity index (χ0n) is 34.1. The number of nitrogens with one attached hydrogen (secondary N) is 9. The number of carbonyl (C=O) groups is 11. The molecular weight excluding hydrogens is 810 g/mol. The van der Waals surface area contributed by atoms with E-state index in [4.69, 9.17) is 16.6 Å². The summed E-state index contributed by atoms with van der Waals surface area (Å²) in [6.07, 6.45) is -3.92. The molecule has 1 aromatic carbocycles. The number of aliphatic hydroxyl groups is 2. The zero-order valence-corrected chi connectivity index (χ0v) is 34.1. The lowest BCUT2D eigenvalue weighted by Crippen LogP contribution is -2.61. The molecule has 0 saturated carbocycles. The third-order valence-electron chi connectivity index (χ3n) is 8.40. The average molecular weight is 866 g/mol. The first-order valence-electron chi connectivity index (χ1n) is 18.7. The van der Waals surface area contributed by atoms with Gasteiger partial charge in [-0.25, -0.2) is 0 Å². The quantitative estimate of drug-likeness (QED) is 0.0434. The Bertz CT molecular complexity index is 1760. The minimum absolute atomic E-state index is 0.00537. The van der Waals surface area contributed by atoms with Crippen LogP contribution in [0.3, 0.4) is 0 Å². The molecule has 0 aliphatic rings. The largest absolute Gasteiger partial charge is 0.480 e. The Morgan fingerprint density at radius 2 is 1.02 bits per heavy atom. The summed E-state index contributed by atoms with van der Waals surface area (Å²) in [4.78, 5) is 137. The van der Waals surface area contributed by atoms with Gasteiger partial charge in [0.2, 0.25) is 59.1 Å². The van der Waals surface area contributed by atoms with Crippen molar-refractivity contribution in [2.24, 2.45) is 11.5 Å². The lowest BCUT2D eigenvalue weighted by Gasteiger charge is -2.26. The summed E-state index contributed by atoms with van der Waals surface area (Å²) in [5, 5.41) is 49.5. The minimum atomic E-state index is -1.74. The molecule has 0 unspecified atom stereocenters. The van der Waals surface area contributed by atoms with Gasteiger partial charge >= 0.3 is 5.97 Å². The molecule has 0 radical (unpaired) electrons. The first kappa shape index (κ1) is 52.3. The van der Waals surface area contributed by atoms with Gasteiger partial charge in [0.15, 0.2) is 0 Å². The second kappa shape index (κ2) is 25.7. The maximum atomic E-state index is 13.1. The highest BCUT2D eigenvalue weighted by Crippen LogP contribution is 2.05. The number of hydrogen-bond acceptors (Lipinski definition) is 14. The Balaban J connectivity index is 2.89. The number of amides is 10. The SMILES string of the molecule is C[C@H](NC(=O)[C@@H](NC(=O)[C@H](CC(N)=O)NC(=O)[C@H](C)NC(=O)[C@H](C)NC(=O)[C@@H](NC(=O)CNC(=O)[C@H](Cc1ccccc1)NC(=O)CNC(=O)CN)[C@@H](C)O)[C@@H](C)O)C(=O)O. The number of carboxylic acids is 1. The summed E-state index contributed by atoms with van der Waals surface area (Å²) in [6.45, 7) is 4.18. The molecule has 0 aromatic heterocycles. The van der Waals surface area contributed by atoms with Crippen molar-refractivity contribution in [2.45, 2.75) is 102 Å². The smallest absolute Gasteiger partial charge is 0.325 e. The molecule has 1 aromatic rings. The Hall–Kier alpha value is -6.73. The standard InChI is InChI=1S/C36H55N11O14/c1-16(30(54)41-17(2)31(55)45-23(12-24(38)50)33(57)47-29(20(5)49)35(59)43-18(3)36(60)61)42-34(58)28(19(4)48)46-27(53)15-40-32(56)22(11-21-9-7-6-8-10-21)44-26(52)14-39-25(51)13-37/h6-10,16-20,22-23,28-29,48-49H,11-15,37H2,1-5H3,(H2,38,50)(H,39,51)(H,40,56)(H,41,54)(H,42,58)(H,43,59)(H,44,52)(H,45,55)(H,46,53)(H,47,57)(H,60,61)/t16-,17-,18-,19+,20+,22-,23-,28-,29-/m0/s1. The van der Waals surface area contributed by atoms with Crippen LogP contribution in [0.5, 0.6) is 0 Å². The van der Waals surface area contributed by atoms with Gasteiger partial charge in [0, 0.05) is 6.42 Å². The van der Waals surface area contributed by atoms with E-state index < -0.39 is 139 Å². The fourth-order valence-corrected chi connectivity index (χ4v) is 4.98. The fraction of sp³-hybridized carbons (Fsp3) is 0.528. The predicted molar refractivity (Wildman–Crippen MR) is 211 cm³/mol. The van der Waals surface area contributed by atoms with Gasteiger partial charge in [-0.3, -0.25) is 52.7 Å². The molecule has 0 heterocycles. The van der Waals surface area contributed by atoms with Crippen LogP contribution in [0, 0.1) is 0 Å². The van der Waals surface area contributed by atoms with E-state index >= 15 is 0 Å². The van der Waals surface area contributed by atoms with E-state index in [1.807, 2.05) is 0 Å². The molecule has 0 aliphatic heterocycles. The van der Waals surface area contributed by atoms with Crippen LogP contribution >= 0.6 is 0 Å². The molecule has 16 N–H and O–H groups in total. The number of aliphatic carboxylic acids is 1. The maximum Gasteiger partial charge on any atom is 0.325 e. The lowest BCUT2D eigenvalue weighted by molar-refractivity contribution is -0.142. The molecule has 0 spiro atoms. The van der Waals surface area contributed by atoms with Crippen LogP contribution in [0.1, 0.15) is 46.6 Å². The first-order valence-corrected chi connectivity index (χ1v) is 18.7. The number of primary amides is 1. The van der Waals surface area contributed by atoms with Crippen LogP contribution in [0.2, 0.25) is 0 Å². The molecule has 338 valence electrons. The molecule has 0 saturated heterocycles. The van der Waals surface area contributed by atoms with Gasteiger partial charge in [-0.05, 0) is 40.2 Å². The van der Waals surface area contributed by atoms with E-state index in [9.17, 15) is 63.0 Å². The van der Waals surface area contributed by atoms with Crippen molar-refractivity contribution in [3.05, 3.63) is 35.9 Å². The minimum Gasteiger partial charge on any atom is -0.480 e. The summed E-state index contributed by atoms with van der Waals surface area (Å²) in [6, 6.07) is -2.08. The zero-order chi connectivity index (χ0) is 46.6. The van der Waals surface area contributed by atoms with Gasteiger partial charge < -0.3 is 74.6 Å². The molecule has 61 heavy (non-hydrogen) atoms. The van der Waals surface area contributed by atoms with Crippen molar-refractivity contribution in [1.82, 2.24) is 47.9 Å². The molecule has 25 nitrogen and oxygen atoms in total. The Labute approximate surface area is 349 Å². The van der Waals surface area contributed by atoms with Crippen molar-refractivity contribution in [2.75, 3.05) is 19.6 Å². The highest BCUT2D eigenvalue weighted by atomic mass is 16.4. The number of carboxylic acid groups (broad SMARTS) is 1. The monoisotopic (exact) mass is 865 g/mol. The van der Waals surface area contributed by atoms with E-state index in [2.05, 4.69) is 47.9 Å². The number of aliphatic hydroxyl groups excluding tert-OH is 2. The van der Waals surface area contributed by atoms with Gasteiger partial charge in [-0.2, -0.15) is 0 Å². The average Bonchev–Trinajstić information content (AvgIpc) is 3.18. The summed E-state index contributed by atoms with van der Waals surface area (Å²) >= 11 is 0. The summed E-state index contributed by atoms with van der Waals surface area (Å²) in [5.41, 5.74) is 11.1. The van der Waals surface area contributed by atoms with Gasteiger partial charge in [-0.1, -0.05) is 30.3 Å². The van der Waals surface area contributed by atoms with Crippen LogP contribution in [-0.4, -0.2) is 154 Å². The summed E-state index contributed by atoms with van der Waals surface area (Å²) in [5.74, 6) is -10.9. The summed E-state index contributed by atoms with van der Waals surface area (Å²) < 4.78 is 0. The molecule has 0 bridgehead atoms. The number of nitrogens with two attached hydrogens (primary N) is 2. The fourth-order valence-electron chi connectivity index (χ4n) is 4.98. The number of carbonyl (C=O) groups excluding carboxylic acids is 10. The second-order valence-corrected chi connectivity index (χ2v) is 13.8. The van der Waals surface area contributed by atoms with Gasteiger partial charge in [0.05, 0.1) is 38.3 Å². The van der Waals surface area contributed by atoms with Gasteiger partial charge in [-0.15, -0.1) is 0 Å². The van der Waals surface area contributed by atoms with E-state index in [1.165, 1.54) is 13.8 Å². The van der Waals surface area contributed by atoms with E-state index in [0.29, 0.717) is 5.56 Å². The highest BCUT2D eigenvalue weighted by molar-refractivity contribution is 5.98. The Morgan fingerprint density at radius 1 is 0.541 bits per heavy atom. The Kier molecular flexibility index (Phi) is 22.0. The van der Waals surface area contributed by atoms with Crippen molar-refractivity contribution in [3.63, 3.8) is 0 Å². The van der Waals surface area contributed by atoms with Crippen molar-refractivity contribution in [1.29, 1.82) is 0 Å². The van der Waals surface area contributed by atoms with Crippen LogP contribution in [-0.2, 0) is 59.2 Å². The predicted octanol–water partition coefficient (Wildman–Crippen LogP) is -7.40. The van der Waals surface area contributed by atoms with Crippen LogP contribution < -0.4 is 59.3 Å². The molecular formula is C36H55N11O14. The molecule has 0 fully saturated rings. The topological polar surface area (TPSA) is 409 Å². The Morgan fingerprint density at radius 3 is 1.52 bits per heavy atom. The highest BCUT2D eigenvalue weighted by Gasteiger charge is 2.34. The summed E-state index contributed by atoms with van der Waals surface area (Å²) in [7, 11) is 0. The van der Waals surface area contributed by atoms with Crippen LogP contribution in [0.25, 0.3) is 0 Å². The van der Waals surface area contributed by atoms with Crippen LogP contribution in [0.4, 0.5) is 0 Å². The molecule has 10 amide bonds. The van der Waals surface area contributed by atoms with Crippen molar-refractivity contribution >= 4 is 65.0 Å². The molecule has 0 aliphatic carbocycles. The van der Waals surface area contributed by atoms with Crippen molar-refractivity contribution in [3.8, 4) is 0 Å². The van der Waals surface area contributed by atoms with Gasteiger partial charge in [0.25, 0.3) is 0 Å². The second-order valence-electron chi connectivity index (χ2n) is 13.8. The van der Waals surface area contributed by atoms with Crippen molar-refractivity contribution < 1.29 is 68.1 Å². The maximum absolute atomic E-state index is 13.1. The van der Waals surface area contributed by atoms with E-state index in [0.717, 1.165) is 20.8 Å². The number of rotatable bonds is 25. The third-order valence-corrected chi connectivity index (χ3v) is 8.40. The third kappa shape index (κ3) is 19.3. The van der Waals surface area contributed by atoms with Gasteiger partial charge in [0.1, 0.15) is 42.3 Å². The molecule has 25 heteroatoms. The first-order chi connectivity index (χ1) is 28.5. The van der Waals surface area contributed by atoms with E-state index in [-0.39, 0.29) is 13.0 Å². The molecule has 9 atom stereocenters. The number of benzene rings is 1.